The summed E-state index contributed by atoms with van der Waals surface area (Å²) in [5.41, 5.74) is 3.00. The third-order valence-electron chi connectivity index (χ3n) is 3.42. The maximum atomic E-state index is 13.8. The van der Waals surface area contributed by atoms with Crippen LogP contribution in [0.15, 0.2) is 42.5 Å². The fourth-order valence-corrected chi connectivity index (χ4v) is 2.16. The van der Waals surface area contributed by atoms with Crippen LogP contribution in [0.4, 0.5) is 15.8 Å². The van der Waals surface area contributed by atoms with Gasteiger partial charge in [0.1, 0.15) is 0 Å². The lowest BCUT2D eigenvalue weighted by Gasteiger charge is -2.19. The van der Waals surface area contributed by atoms with Gasteiger partial charge in [0.25, 0.3) is 0 Å². The van der Waals surface area contributed by atoms with Gasteiger partial charge < -0.3 is 15.0 Å². The van der Waals surface area contributed by atoms with Crippen molar-refractivity contribution in [2.45, 2.75) is 13.0 Å². The number of ether oxygens (including phenoxy) is 1. The number of anilines is 2. The fraction of sp³-hybridized carbons (Fsp3) is 0.294. The van der Waals surface area contributed by atoms with Gasteiger partial charge in [0, 0.05) is 31.5 Å². The van der Waals surface area contributed by atoms with Crippen molar-refractivity contribution < 1.29 is 9.13 Å². The molecule has 0 aromatic heterocycles. The molecule has 0 aliphatic rings. The first-order chi connectivity index (χ1) is 10.0. The standard InChI is InChI=1S/C17H21FN2O/c1-12(13-8-9-17(21-4)16(18)10-13)19-14-6-5-7-15(11-14)20(2)3/h5-12,19H,1-4H3. The second kappa shape index (κ2) is 6.48. The van der Waals surface area contributed by atoms with Gasteiger partial charge in [-0.2, -0.15) is 0 Å². The van der Waals surface area contributed by atoms with Crippen LogP contribution in [0.1, 0.15) is 18.5 Å². The minimum absolute atomic E-state index is 0.00261. The van der Waals surface area contributed by atoms with Crippen molar-refractivity contribution in [3.8, 4) is 5.75 Å². The molecule has 1 N–H and O–H groups in total. The number of methoxy groups -OCH3 is 1. The van der Waals surface area contributed by atoms with E-state index in [1.54, 1.807) is 6.07 Å². The number of rotatable bonds is 5. The third-order valence-corrected chi connectivity index (χ3v) is 3.42. The van der Waals surface area contributed by atoms with Crippen LogP contribution in [-0.2, 0) is 0 Å². The SMILES string of the molecule is COc1ccc(C(C)Nc2cccc(N(C)C)c2)cc1F. The summed E-state index contributed by atoms with van der Waals surface area (Å²) in [6, 6.07) is 13.1. The van der Waals surface area contributed by atoms with Crippen LogP contribution in [-0.4, -0.2) is 21.2 Å². The highest BCUT2D eigenvalue weighted by Crippen LogP contribution is 2.25. The molecule has 0 amide bonds. The molecular formula is C17H21FN2O. The molecule has 0 bridgehead atoms. The van der Waals surface area contributed by atoms with Crippen LogP contribution < -0.4 is 15.0 Å². The average molecular weight is 288 g/mol. The van der Waals surface area contributed by atoms with Gasteiger partial charge in [0.15, 0.2) is 11.6 Å². The predicted octanol–water partition coefficient (Wildman–Crippen LogP) is 4.07. The van der Waals surface area contributed by atoms with Crippen molar-refractivity contribution in [3.63, 3.8) is 0 Å². The van der Waals surface area contributed by atoms with Gasteiger partial charge >= 0.3 is 0 Å². The van der Waals surface area contributed by atoms with E-state index in [0.29, 0.717) is 0 Å². The lowest BCUT2D eigenvalue weighted by Crippen LogP contribution is -2.10. The summed E-state index contributed by atoms with van der Waals surface area (Å²) in [6.45, 7) is 2.00. The van der Waals surface area contributed by atoms with Crippen LogP contribution in [0.5, 0.6) is 5.75 Å². The molecule has 1 atom stereocenters. The van der Waals surface area contributed by atoms with E-state index in [1.165, 1.54) is 13.2 Å². The van der Waals surface area contributed by atoms with Gasteiger partial charge in [0.05, 0.1) is 7.11 Å². The highest BCUT2D eigenvalue weighted by molar-refractivity contribution is 5.58. The van der Waals surface area contributed by atoms with Gasteiger partial charge in [0.2, 0.25) is 0 Å². The molecule has 0 fully saturated rings. The Morgan fingerprint density at radius 1 is 1.14 bits per heavy atom. The monoisotopic (exact) mass is 288 g/mol. The van der Waals surface area contributed by atoms with E-state index in [4.69, 9.17) is 4.74 Å². The highest BCUT2D eigenvalue weighted by atomic mass is 19.1. The number of hydrogen-bond acceptors (Lipinski definition) is 3. The molecule has 0 aliphatic heterocycles. The number of halogens is 1. The maximum absolute atomic E-state index is 13.8. The molecule has 1 unspecified atom stereocenters. The van der Waals surface area contributed by atoms with Gasteiger partial charge in [-0.1, -0.05) is 12.1 Å². The molecule has 0 saturated carbocycles. The Labute approximate surface area is 125 Å². The first-order valence-corrected chi connectivity index (χ1v) is 6.88. The molecule has 3 nitrogen and oxygen atoms in total. The zero-order chi connectivity index (χ0) is 15.4. The Kier molecular flexibility index (Phi) is 4.68. The summed E-state index contributed by atoms with van der Waals surface area (Å²) in [7, 11) is 5.47. The molecule has 0 saturated heterocycles. The van der Waals surface area contributed by atoms with Crippen LogP contribution in [0.25, 0.3) is 0 Å². The first kappa shape index (κ1) is 15.2. The van der Waals surface area contributed by atoms with E-state index >= 15 is 0 Å². The zero-order valence-corrected chi connectivity index (χ0v) is 12.9. The Morgan fingerprint density at radius 2 is 1.90 bits per heavy atom. The van der Waals surface area contributed by atoms with Gasteiger partial charge in [-0.15, -0.1) is 0 Å². The lowest BCUT2D eigenvalue weighted by molar-refractivity contribution is 0.386. The molecule has 0 radical (unpaired) electrons. The quantitative estimate of drug-likeness (QED) is 0.897. The zero-order valence-electron chi connectivity index (χ0n) is 12.9. The van der Waals surface area contributed by atoms with Crippen LogP contribution >= 0.6 is 0 Å². The molecule has 21 heavy (non-hydrogen) atoms. The first-order valence-electron chi connectivity index (χ1n) is 6.88. The maximum Gasteiger partial charge on any atom is 0.165 e. The van der Waals surface area contributed by atoms with E-state index < -0.39 is 0 Å². The molecule has 2 aromatic carbocycles. The highest BCUT2D eigenvalue weighted by Gasteiger charge is 2.10. The topological polar surface area (TPSA) is 24.5 Å². The predicted molar refractivity (Wildman–Crippen MR) is 85.8 cm³/mol. The van der Waals surface area contributed by atoms with E-state index in [9.17, 15) is 4.39 Å². The van der Waals surface area contributed by atoms with Crippen molar-refractivity contribution >= 4 is 11.4 Å². The molecule has 2 rings (SSSR count). The minimum Gasteiger partial charge on any atom is -0.494 e. The molecular weight excluding hydrogens is 267 g/mol. The number of benzene rings is 2. The van der Waals surface area contributed by atoms with E-state index in [1.807, 2.05) is 50.2 Å². The number of nitrogens with one attached hydrogen (secondary N) is 1. The number of hydrogen-bond donors (Lipinski definition) is 1. The van der Waals surface area contributed by atoms with Crippen LogP contribution in [0.2, 0.25) is 0 Å². The summed E-state index contributed by atoms with van der Waals surface area (Å²) < 4.78 is 18.7. The summed E-state index contributed by atoms with van der Waals surface area (Å²) in [4.78, 5) is 2.04. The largest absolute Gasteiger partial charge is 0.494 e. The van der Waals surface area contributed by atoms with E-state index in [-0.39, 0.29) is 17.6 Å². The van der Waals surface area contributed by atoms with Crippen molar-refractivity contribution in [3.05, 3.63) is 53.8 Å². The summed E-state index contributed by atoms with van der Waals surface area (Å²) in [5.74, 6) is -0.0775. The Bertz CT molecular complexity index is 613. The second-order valence-corrected chi connectivity index (χ2v) is 5.20. The van der Waals surface area contributed by atoms with Gasteiger partial charge in [-0.3, -0.25) is 0 Å². The van der Waals surface area contributed by atoms with E-state index in [0.717, 1.165) is 16.9 Å². The molecule has 0 aliphatic carbocycles. The van der Waals surface area contributed by atoms with Crippen molar-refractivity contribution in [2.24, 2.45) is 0 Å². The second-order valence-electron chi connectivity index (χ2n) is 5.20. The Hall–Kier alpha value is -2.23. The molecule has 2 aromatic rings. The van der Waals surface area contributed by atoms with Crippen molar-refractivity contribution in [1.82, 2.24) is 0 Å². The summed E-state index contributed by atoms with van der Waals surface area (Å²) >= 11 is 0. The van der Waals surface area contributed by atoms with E-state index in [2.05, 4.69) is 11.4 Å². The van der Waals surface area contributed by atoms with Gasteiger partial charge in [-0.05, 0) is 42.8 Å². The van der Waals surface area contributed by atoms with Gasteiger partial charge in [-0.25, -0.2) is 4.39 Å². The molecule has 0 heterocycles. The van der Waals surface area contributed by atoms with Crippen molar-refractivity contribution in [2.75, 3.05) is 31.4 Å². The lowest BCUT2D eigenvalue weighted by atomic mass is 10.1. The molecule has 4 heteroatoms. The van der Waals surface area contributed by atoms with Crippen LogP contribution in [0.3, 0.4) is 0 Å². The summed E-state index contributed by atoms with van der Waals surface area (Å²) in [5, 5.41) is 3.38. The minimum atomic E-state index is -0.342. The van der Waals surface area contributed by atoms with Crippen molar-refractivity contribution in [1.29, 1.82) is 0 Å². The molecule has 0 spiro atoms. The van der Waals surface area contributed by atoms with Crippen LogP contribution in [0, 0.1) is 5.82 Å². The normalized spacial score (nSPS) is 11.9. The third kappa shape index (κ3) is 3.66. The Balaban J connectivity index is 2.16. The fourth-order valence-electron chi connectivity index (χ4n) is 2.16. The average Bonchev–Trinajstić information content (AvgIpc) is 2.47. The number of nitrogens with zero attached hydrogens (tertiary/aromatic N) is 1. The molecule has 112 valence electrons. The Morgan fingerprint density at radius 3 is 2.52 bits per heavy atom. The summed E-state index contributed by atoms with van der Waals surface area (Å²) in [6.07, 6.45) is 0. The smallest absolute Gasteiger partial charge is 0.165 e.